The summed E-state index contributed by atoms with van der Waals surface area (Å²) in [4.78, 5) is 16.2. The van der Waals surface area contributed by atoms with Gasteiger partial charge in [0.1, 0.15) is 23.4 Å². The molecular weight excluding hydrogens is 493 g/mol. The van der Waals surface area contributed by atoms with Crippen LogP contribution in [-0.2, 0) is 16.0 Å². The second-order valence-electron chi connectivity index (χ2n) is 10.3. The molecular formula is C33H30FNO4. The number of fused-ring (bicyclic) bond motifs is 2. The number of carbonyl (C=O) groups is 1. The molecule has 4 aromatic rings. The molecule has 39 heavy (non-hydrogen) atoms. The van der Waals surface area contributed by atoms with Crippen molar-refractivity contribution in [2.24, 2.45) is 0 Å². The van der Waals surface area contributed by atoms with E-state index in [0.717, 1.165) is 51.1 Å². The smallest absolute Gasteiger partial charge is 0.306 e. The largest absolute Gasteiger partial charge is 0.492 e. The van der Waals surface area contributed by atoms with Gasteiger partial charge in [-0.05, 0) is 90.9 Å². The lowest BCUT2D eigenvalue weighted by molar-refractivity contribution is -0.141. The minimum atomic E-state index is -0.390. The van der Waals surface area contributed by atoms with Gasteiger partial charge in [-0.2, -0.15) is 0 Å². The molecule has 0 radical (unpaired) electrons. The number of hydrogen-bond donors (Lipinski definition) is 0. The van der Waals surface area contributed by atoms with Crippen molar-refractivity contribution in [2.75, 3.05) is 13.7 Å². The van der Waals surface area contributed by atoms with E-state index in [1.54, 1.807) is 12.3 Å². The average molecular weight is 524 g/mol. The van der Waals surface area contributed by atoms with Crippen LogP contribution in [0.4, 0.5) is 4.39 Å². The Hall–Kier alpha value is -4.19. The average Bonchev–Trinajstić information content (AvgIpc) is 3.54. The predicted molar refractivity (Wildman–Crippen MR) is 148 cm³/mol. The highest BCUT2D eigenvalue weighted by Gasteiger charge is 2.32. The molecule has 3 aromatic carbocycles. The van der Waals surface area contributed by atoms with Crippen LogP contribution in [0.1, 0.15) is 52.7 Å². The lowest BCUT2D eigenvalue weighted by Gasteiger charge is -2.19. The predicted octanol–water partition coefficient (Wildman–Crippen LogP) is 7.28. The molecule has 0 spiro atoms. The molecule has 198 valence electrons. The third-order valence-corrected chi connectivity index (χ3v) is 7.83. The Kier molecular flexibility index (Phi) is 6.55. The zero-order chi connectivity index (χ0) is 27.1. The van der Waals surface area contributed by atoms with Gasteiger partial charge in [-0.3, -0.25) is 9.78 Å². The van der Waals surface area contributed by atoms with Crippen molar-refractivity contribution in [1.29, 1.82) is 0 Å². The molecule has 0 amide bonds. The minimum absolute atomic E-state index is 0.0377. The van der Waals surface area contributed by atoms with E-state index < -0.39 is 6.10 Å². The van der Waals surface area contributed by atoms with Crippen LogP contribution in [0.15, 0.2) is 66.9 Å². The molecule has 1 aliphatic heterocycles. The first-order chi connectivity index (χ1) is 18.9. The van der Waals surface area contributed by atoms with E-state index in [1.807, 2.05) is 42.5 Å². The molecule has 0 unspecified atom stereocenters. The SMILES string of the molecule is COC(=O)C[C@@H]1COc2cc(O[C@@H]3CCc4c(-c5c(C)cc(-c6ccccn6)cc5C)ccc(F)c43)ccc21. The van der Waals surface area contributed by atoms with Gasteiger partial charge in [-0.15, -0.1) is 0 Å². The fraction of sp³-hybridized carbons (Fsp3) is 0.273. The molecule has 0 N–H and O–H groups in total. The van der Waals surface area contributed by atoms with Crippen molar-refractivity contribution in [3.05, 3.63) is 100 Å². The van der Waals surface area contributed by atoms with E-state index in [9.17, 15) is 4.79 Å². The number of methoxy groups -OCH3 is 1. The van der Waals surface area contributed by atoms with E-state index in [0.29, 0.717) is 30.1 Å². The van der Waals surface area contributed by atoms with E-state index in [4.69, 9.17) is 14.2 Å². The number of halogens is 1. The van der Waals surface area contributed by atoms with Gasteiger partial charge in [0, 0.05) is 34.9 Å². The second-order valence-corrected chi connectivity index (χ2v) is 10.3. The number of rotatable bonds is 6. The lowest BCUT2D eigenvalue weighted by Crippen LogP contribution is -2.09. The number of carbonyl (C=O) groups excluding carboxylic acids is 1. The number of esters is 1. The number of pyridine rings is 1. The van der Waals surface area contributed by atoms with Gasteiger partial charge in [-0.25, -0.2) is 4.39 Å². The van der Waals surface area contributed by atoms with Crippen molar-refractivity contribution in [2.45, 2.75) is 45.1 Å². The highest BCUT2D eigenvalue weighted by atomic mass is 19.1. The number of benzene rings is 3. The fourth-order valence-corrected chi connectivity index (χ4v) is 6.04. The van der Waals surface area contributed by atoms with Crippen molar-refractivity contribution >= 4 is 5.97 Å². The maximum Gasteiger partial charge on any atom is 0.306 e. The zero-order valence-electron chi connectivity index (χ0n) is 22.3. The van der Waals surface area contributed by atoms with Crippen LogP contribution in [0.25, 0.3) is 22.4 Å². The minimum Gasteiger partial charge on any atom is -0.492 e. The monoisotopic (exact) mass is 523 g/mol. The van der Waals surface area contributed by atoms with Crippen molar-refractivity contribution < 1.29 is 23.4 Å². The van der Waals surface area contributed by atoms with Crippen LogP contribution in [0.5, 0.6) is 11.5 Å². The van der Waals surface area contributed by atoms with Gasteiger partial charge < -0.3 is 14.2 Å². The highest BCUT2D eigenvalue weighted by Crippen LogP contribution is 2.45. The van der Waals surface area contributed by atoms with E-state index >= 15 is 4.39 Å². The summed E-state index contributed by atoms with van der Waals surface area (Å²) in [6.07, 6.45) is 3.11. The quantitative estimate of drug-likeness (QED) is 0.249. The van der Waals surface area contributed by atoms with Crippen molar-refractivity contribution in [3.8, 4) is 33.9 Å². The highest BCUT2D eigenvalue weighted by molar-refractivity contribution is 5.79. The van der Waals surface area contributed by atoms with E-state index in [2.05, 4.69) is 31.0 Å². The first-order valence-corrected chi connectivity index (χ1v) is 13.3. The Morgan fingerprint density at radius 3 is 2.64 bits per heavy atom. The fourth-order valence-electron chi connectivity index (χ4n) is 6.04. The van der Waals surface area contributed by atoms with Crippen LogP contribution < -0.4 is 9.47 Å². The third-order valence-electron chi connectivity index (χ3n) is 7.83. The lowest BCUT2D eigenvalue weighted by atomic mass is 9.88. The van der Waals surface area contributed by atoms with Gasteiger partial charge in [0.25, 0.3) is 0 Å². The standard InChI is InChI=1S/C33H30FNO4/c1-19-14-21(28-6-4-5-13-35-28)15-20(2)32(19)25-9-11-27(34)33-26(25)10-12-29(33)39-23-7-8-24-22(16-31(36)37-3)18-38-30(24)17-23/h4-9,11,13-15,17,22,29H,10,12,16,18H2,1-3H3/t22-,29-/m1/s1. The number of ether oxygens (including phenoxy) is 3. The summed E-state index contributed by atoms with van der Waals surface area (Å²) in [7, 11) is 1.39. The van der Waals surface area contributed by atoms with Crippen LogP contribution in [-0.4, -0.2) is 24.7 Å². The summed E-state index contributed by atoms with van der Waals surface area (Å²) in [5.74, 6) is 0.786. The van der Waals surface area contributed by atoms with E-state index in [1.165, 1.54) is 7.11 Å². The van der Waals surface area contributed by atoms with Crippen molar-refractivity contribution in [1.82, 2.24) is 4.98 Å². The summed E-state index contributed by atoms with van der Waals surface area (Å²) in [5, 5.41) is 0. The Morgan fingerprint density at radius 1 is 1.08 bits per heavy atom. The molecule has 0 bridgehead atoms. The first kappa shape index (κ1) is 25.1. The molecule has 5 nitrogen and oxygen atoms in total. The maximum atomic E-state index is 15.3. The zero-order valence-corrected chi connectivity index (χ0v) is 22.3. The first-order valence-electron chi connectivity index (χ1n) is 13.3. The Balaban J connectivity index is 1.29. The molecule has 2 heterocycles. The molecule has 6 heteroatoms. The van der Waals surface area contributed by atoms with Gasteiger partial charge >= 0.3 is 5.97 Å². The van der Waals surface area contributed by atoms with E-state index in [-0.39, 0.29) is 24.1 Å². The normalized spacial score (nSPS) is 17.3. The topological polar surface area (TPSA) is 57.7 Å². The summed E-state index contributed by atoms with van der Waals surface area (Å²) in [6, 6.07) is 19.3. The Labute approximate surface area is 227 Å². The maximum absolute atomic E-state index is 15.3. The number of aromatic nitrogens is 1. The number of hydrogen-bond acceptors (Lipinski definition) is 5. The molecule has 0 saturated carbocycles. The molecule has 6 rings (SSSR count). The summed E-state index contributed by atoms with van der Waals surface area (Å²) < 4.78 is 32.3. The molecule has 2 atom stereocenters. The van der Waals surface area contributed by atoms with Gasteiger partial charge in [0.2, 0.25) is 0 Å². The number of aryl methyl sites for hydroxylation is 2. The summed E-state index contributed by atoms with van der Waals surface area (Å²) >= 11 is 0. The molecule has 1 aromatic heterocycles. The van der Waals surface area contributed by atoms with Gasteiger partial charge in [0.05, 0.1) is 25.8 Å². The van der Waals surface area contributed by atoms with Crippen LogP contribution >= 0.6 is 0 Å². The van der Waals surface area contributed by atoms with Crippen LogP contribution in [0.3, 0.4) is 0 Å². The number of nitrogens with zero attached hydrogens (tertiary/aromatic N) is 1. The molecule has 2 aliphatic rings. The molecule has 1 aliphatic carbocycles. The summed E-state index contributed by atoms with van der Waals surface area (Å²) in [5.41, 5.74) is 9.06. The Morgan fingerprint density at radius 2 is 1.90 bits per heavy atom. The molecule has 0 saturated heterocycles. The van der Waals surface area contributed by atoms with Gasteiger partial charge in [-0.1, -0.05) is 18.2 Å². The Bertz CT molecular complexity index is 1540. The molecule has 0 fully saturated rings. The van der Waals surface area contributed by atoms with Gasteiger partial charge in [0.15, 0.2) is 0 Å². The van der Waals surface area contributed by atoms with Crippen molar-refractivity contribution in [3.63, 3.8) is 0 Å². The summed E-state index contributed by atoms with van der Waals surface area (Å²) in [6.45, 7) is 4.63. The third kappa shape index (κ3) is 4.65. The second kappa shape index (κ2) is 10.2. The van der Waals surface area contributed by atoms with Crippen LogP contribution in [0.2, 0.25) is 0 Å². The van der Waals surface area contributed by atoms with Crippen LogP contribution in [0, 0.1) is 19.7 Å².